The quantitative estimate of drug-likeness (QED) is 0.619. The predicted octanol–water partition coefficient (Wildman–Crippen LogP) is 2.82. The number of hydrogen-bond donors (Lipinski definition) is 1. The molecule has 2 rings (SSSR count). The van der Waals surface area contributed by atoms with E-state index in [1.54, 1.807) is 12.1 Å². The van der Waals surface area contributed by atoms with Gasteiger partial charge in [-0.2, -0.15) is 0 Å². The van der Waals surface area contributed by atoms with Crippen molar-refractivity contribution in [2.45, 2.75) is 38.1 Å². The van der Waals surface area contributed by atoms with Gasteiger partial charge < -0.3 is 14.5 Å². The van der Waals surface area contributed by atoms with Gasteiger partial charge in [0.15, 0.2) is 5.76 Å². The molecule has 0 radical (unpaired) electrons. The SMILES string of the molecule is Cl.O=C(COCCCC1CCCCN1)c1ccco1. The van der Waals surface area contributed by atoms with E-state index >= 15 is 0 Å². The van der Waals surface area contributed by atoms with Crippen LogP contribution >= 0.6 is 12.4 Å². The van der Waals surface area contributed by atoms with Crippen LogP contribution in [0.4, 0.5) is 0 Å². The van der Waals surface area contributed by atoms with Crippen LogP contribution in [0.15, 0.2) is 22.8 Å². The molecule has 0 amide bonds. The van der Waals surface area contributed by atoms with Gasteiger partial charge in [0, 0.05) is 12.6 Å². The Kier molecular flexibility index (Phi) is 7.79. The van der Waals surface area contributed by atoms with Crippen molar-refractivity contribution in [1.29, 1.82) is 0 Å². The van der Waals surface area contributed by atoms with Gasteiger partial charge in [-0.15, -0.1) is 12.4 Å². The first-order valence-electron chi connectivity index (χ1n) is 6.74. The van der Waals surface area contributed by atoms with Gasteiger partial charge >= 0.3 is 0 Å². The number of ketones is 1. The Morgan fingerprint density at radius 3 is 3.05 bits per heavy atom. The second kappa shape index (κ2) is 9.13. The summed E-state index contributed by atoms with van der Waals surface area (Å²) < 4.78 is 10.4. The van der Waals surface area contributed by atoms with Crippen LogP contribution in [-0.2, 0) is 4.74 Å². The largest absolute Gasteiger partial charge is 0.461 e. The molecule has 1 aromatic rings. The number of carbonyl (C=O) groups is 1. The van der Waals surface area contributed by atoms with Crippen LogP contribution in [0.25, 0.3) is 0 Å². The zero-order valence-corrected chi connectivity index (χ0v) is 11.9. The molecule has 0 saturated carbocycles. The van der Waals surface area contributed by atoms with Crippen molar-refractivity contribution >= 4 is 18.2 Å². The first-order valence-corrected chi connectivity index (χ1v) is 6.74. The molecule has 1 aliphatic rings. The van der Waals surface area contributed by atoms with E-state index in [1.165, 1.54) is 25.5 Å². The Morgan fingerprint density at radius 2 is 2.37 bits per heavy atom. The van der Waals surface area contributed by atoms with Gasteiger partial charge in [-0.05, 0) is 44.4 Å². The van der Waals surface area contributed by atoms with Gasteiger partial charge in [0.25, 0.3) is 0 Å². The molecular formula is C14H22ClNO3. The lowest BCUT2D eigenvalue weighted by Crippen LogP contribution is -2.34. The maximum absolute atomic E-state index is 11.5. The van der Waals surface area contributed by atoms with Gasteiger partial charge in [0.2, 0.25) is 5.78 Å². The average molecular weight is 288 g/mol. The molecular weight excluding hydrogens is 266 g/mol. The van der Waals surface area contributed by atoms with E-state index in [4.69, 9.17) is 9.15 Å². The molecule has 1 aromatic heterocycles. The van der Waals surface area contributed by atoms with Crippen molar-refractivity contribution in [2.75, 3.05) is 19.8 Å². The number of furan rings is 1. The predicted molar refractivity (Wildman–Crippen MR) is 76.0 cm³/mol. The minimum Gasteiger partial charge on any atom is -0.461 e. The molecule has 108 valence electrons. The molecule has 0 aliphatic carbocycles. The first-order chi connectivity index (χ1) is 8.86. The smallest absolute Gasteiger partial charge is 0.223 e. The lowest BCUT2D eigenvalue weighted by atomic mass is 10.0. The number of carbonyl (C=O) groups excluding carboxylic acids is 1. The van der Waals surface area contributed by atoms with Gasteiger partial charge in [-0.25, -0.2) is 0 Å². The fourth-order valence-corrected chi connectivity index (χ4v) is 2.28. The maximum atomic E-state index is 11.5. The lowest BCUT2D eigenvalue weighted by molar-refractivity contribution is 0.0721. The maximum Gasteiger partial charge on any atom is 0.223 e. The molecule has 2 heterocycles. The zero-order valence-electron chi connectivity index (χ0n) is 11.1. The molecule has 1 atom stereocenters. The highest BCUT2D eigenvalue weighted by Gasteiger charge is 2.12. The van der Waals surface area contributed by atoms with Crippen LogP contribution in [0.1, 0.15) is 42.7 Å². The number of Topliss-reactive ketones (excluding diaryl/α,β-unsaturated/α-hetero) is 1. The Labute approximate surface area is 120 Å². The van der Waals surface area contributed by atoms with E-state index in [0.29, 0.717) is 18.4 Å². The van der Waals surface area contributed by atoms with E-state index in [1.807, 2.05) is 0 Å². The summed E-state index contributed by atoms with van der Waals surface area (Å²) in [4.78, 5) is 11.5. The monoisotopic (exact) mass is 287 g/mol. The average Bonchev–Trinajstić information content (AvgIpc) is 2.93. The molecule has 1 aliphatic heterocycles. The Bertz CT molecular complexity index is 348. The van der Waals surface area contributed by atoms with Crippen LogP contribution < -0.4 is 5.32 Å². The number of halogens is 1. The summed E-state index contributed by atoms with van der Waals surface area (Å²) in [5.41, 5.74) is 0. The highest BCUT2D eigenvalue weighted by molar-refractivity contribution is 5.94. The molecule has 0 aromatic carbocycles. The van der Waals surface area contributed by atoms with Crippen molar-refractivity contribution in [3.05, 3.63) is 24.2 Å². The highest BCUT2D eigenvalue weighted by atomic mass is 35.5. The van der Waals surface area contributed by atoms with Crippen molar-refractivity contribution in [3.8, 4) is 0 Å². The van der Waals surface area contributed by atoms with Crippen molar-refractivity contribution in [1.82, 2.24) is 5.32 Å². The van der Waals surface area contributed by atoms with Gasteiger partial charge in [0.1, 0.15) is 6.61 Å². The number of hydrogen-bond acceptors (Lipinski definition) is 4. The number of piperidine rings is 1. The van der Waals surface area contributed by atoms with E-state index in [9.17, 15) is 4.79 Å². The molecule has 19 heavy (non-hydrogen) atoms. The molecule has 0 spiro atoms. The summed E-state index contributed by atoms with van der Waals surface area (Å²) in [7, 11) is 0. The number of nitrogens with one attached hydrogen (secondary N) is 1. The minimum absolute atomic E-state index is 0. The Morgan fingerprint density at radius 1 is 1.47 bits per heavy atom. The fourth-order valence-electron chi connectivity index (χ4n) is 2.28. The summed E-state index contributed by atoms with van der Waals surface area (Å²) in [6.07, 6.45) is 7.53. The zero-order chi connectivity index (χ0) is 12.6. The molecule has 5 heteroatoms. The third kappa shape index (κ3) is 5.76. The van der Waals surface area contributed by atoms with E-state index < -0.39 is 0 Å². The second-order valence-corrected chi connectivity index (χ2v) is 4.74. The van der Waals surface area contributed by atoms with Crippen molar-refractivity contribution in [2.24, 2.45) is 0 Å². The van der Waals surface area contributed by atoms with Gasteiger partial charge in [-0.3, -0.25) is 4.79 Å². The number of ether oxygens (including phenoxy) is 1. The third-order valence-electron chi connectivity index (χ3n) is 3.28. The molecule has 1 fully saturated rings. The second-order valence-electron chi connectivity index (χ2n) is 4.74. The summed E-state index contributed by atoms with van der Waals surface area (Å²) in [5.74, 6) is 0.291. The van der Waals surface area contributed by atoms with Gasteiger partial charge in [0.05, 0.1) is 6.26 Å². The third-order valence-corrected chi connectivity index (χ3v) is 3.28. The summed E-state index contributed by atoms with van der Waals surface area (Å²) in [5, 5.41) is 3.50. The highest BCUT2D eigenvalue weighted by Crippen LogP contribution is 2.11. The minimum atomic E-state index is -0.0872. The Hall–Kier alpha value is -0.840. The summed E-state index contributed by atoms with van der Waals surface area (Å²) in [6, 6.07) is 4.02. The van der Waals surface area contributed by atoms with Crippen LogP contribution in [-0.4, -0.2) is 31.6 Å². The Balaban J connectivity index is 0.00000180. The normalized spacial score (nSPS) is 18.8. The van der Waals surface area contributed by atoms with Crippen LogP contribution in [0.5, 0.6) is 0 Å². The number of rotatable bonds is 7. The standard InChI is InChI=1S/C14H21NO3.ClH/c16-13(14-7-4-10-18-14)11-17-9-3-6-12-5-1-2-8-15-12;/h4,7,10,12,15H,1-3,5-6,8-9,11H2;1H. The van der Waals surface area contributed by atoms with Crippen molar-refractivity contribution in [3.63, 3.8) is 0 Å². The van der Waals surface area contributed by atoms with Crippen LogP contribution in [0, 0.1) is 0 Å². The van der Waals surface area contributed by atoms with Crippen molar-refractivity contribution < 1.29 is 13.9 Å². The van der Waals surface area contributed by atoms with Crippen LogP contribution in [0.2, 0.25) is 0 Å². The molecule has 1 N–H and O–H groups in total. The first kappa shape index (κ1) is 16.2. The molecule has 0 bridgehead atoms. The van der Waals surface area contributed by atoms with Crippen LogP contribution in [0.3, 0.4) is 0 Å². The molecule has 1 saturated heterocycles. The molecule has 1 unspecified atom stereocenters. The van der Waals surface area contributed by atoms with E-state index in [-0.39, 0.29) is 24.8 Å². The van der Waals surface area contributed by atoms with E-state index in [0.717, 1.165) is 19.4 Å². The van der Waals surface area contributed by atoms with E-state index in [2.05, 4.69) is 5.32 Å². The lowest BCUT2D eigenvalue weighted by Gasteiger charge is -2.23. The summed E-state index contributed by atoms with van der Waals surface area (Å²) >= 11 is 0. The molecule has 4 nitrogen and oxygen atoms in total. The van der Waals surface area contributed by atoms with Gasteiger partial charge in [-0.1, -0.05) is 6.42 Å². The fraction of sp³-hybridized carbons (Fsp3) is 0.643. The summed E-state index contributed by atoms with van der Waals surface area (Å²) in [6.45, 7) is 1.90. The topological polar surface area (TPSA) is 51.5 Å².